The van der Waals surface area contributed by atoms with Crippen molar-refractivity contribution < 1.29 is 8.42 Å². The Kier molecular flexibility index (Phi) is 6.11. The lowest BCUT2D eigenvalue weighted by Gasteiger charge is -2.09. The molecule has 0 aromatic heterocycles. The fraction of sp³-hybridized carbons (Fsp3) is 0.200. The van der Waals surface area contributed by atoms with Gasteiger partial charge < -0.3 is 5.73 Å². The summed E-state index contributed by atoms with van der Waals surface area (Å²) in [7, 11) is -3.51. The second kappa shape index (κ2) is 9.21. The summed E-state index contributed by atoms with van der Waals surface area (Å²) in [5, 5.41) is 0. The molecule has 0 radical (unpaired) electrons. The summed E-state index contributed by atoms with van der Waals surface area (Å²) in [6, 6.07) is 28.4. The van der Waals surface area contributed by atoms with Crippen LogP contribution in [0.3, 0.4) is 0 Å². The largest absolute Gasteiger partial charge is 0.330 e. The maximum Gasteiger partial charge on any atom is 0.207 e. The highest BCUT2D eigenvalue weighted by atomic mass is 32.2. The molecule has 0 unspecified atom stereocenters. The fourth-order valence-electron chi connectivity index (χ4n) is 4.83. The number of benzene rings is 4. The van der Waals surface area contributed by atoms with Crippen molar-refractivity contribution in [1.82, 2.24) is 0 Å². The molecule has 1 aliphatic rings. The van der Waals surface area contributed by atoms with Gasteiger partial charge in [0.05, 0.1) is 9.79 Å². The Morgan fingerprint density at radius 2 is 1.15 bits per heavy atom. The molecule has 0 saturated heterocycles. The minimum atomic E-state index is -3.51. The van der Waals surface area contributed by atoms with Crippen LogP contribution < -0.4 is 5.73 Å². The van der Waals surface area contributed by atoms with E-state index in [2.05, 4.69) is 55.5 Å². The molecule has 0 saturated carbocycles. The highest BCUT2D eigenvalue weighted by Gasteiger charge is 2.33. The van der Waals surface area contributed by atoms with Gasteiger partial charge in [0.1, 0.15) is 0 Å². The highest BCUT2D eigenvalue weighted by Crippen LogP contribution is 2.46. The quantitative estimate of drug-likeness (QED) is 0.290. The van der Waals surface area contributed by atoms with E-state index in [0.29, 0.717) is 16.3 Å². The molecule has 0 amide bonds. The van der Waals surface area contributed by atoms with Gasteiger partial charge in [-0.25, -0.2) is 8.42 Å². The third-order valence-corrected chi connectivity index (χ3v) is 8.43. The van der Waals surface area contributed by atoms with E-state index < -0.39 is 9.84 Å². The molecule has 0 atom stereocenters. The number of sulfone groups is 1. The molecular weight excluding hydrogens is 438 g/mol. The van der Waals surface area contributed by atoms with Crippen LogP contribution in [0.4, 0.5) is 0 Å². The Balaban J connectivity index is 1.60. The average Bonchev–Trinajstić information content (AvgIpc) is 3.09. The van der Waals surface area contributed by atoms with Gasteiger partial charge in [-0.1, -0.05) is 74.0 Å². The summed E-state index contributed by atoms with van der Waals surface area (Å²) in [5.41, 5.74) is 14.0. The van der Waals surface area contributed by atoms with E-state index in [1.165, 1.54) is 11.1 Å². The molecule has 1 heterocycles. The van der Waals surface area contributed by atoms with Crippen LogP contribution in [0, 0.1) is 0 Å². The van der Waals surface area contributed by atoms with Crippen LogP contribution in [0.25, 0.3) is 33.4 Å². The summed E-state index contributed by atoms with van der Waals surface area (Å²) in [4.78, 5) is 0.784. The Bertz CT molecular complexity index is 1470. The third-order valence-electron chi connectivity index (χ3n) is 6.56. The number of rotatable bonds is 7. The first kappa shape index (κ1) is 22.6. The van der Waals surface area contributed by atoms with Gasteiger partial charge in [-0.2, -0.15) is 0 Å². The summed E-state index contributed by atoms with van der Waals surface area (Å²) >= 11 is 0. The lowest BCUT2D eigenvalue weighted by molar-refractivity contribution is 0.598. The van der Waals surface area contributed by atoms with Gasteiger partial charge in [0.15, 0.2) is 0 Å². The molecule has 2 N–H and O–H groups in total. The SMILES string of the molecule is CCCc1cccc(-c2ccc3c(c2)-c2cc(-c4cccc(CCCN)c4)ccc2S3(=O)=O)c1. The van der Waals surface area contributed by atoms with Gasteiger partial charge >= 0.3 is 0 Å². The molecule has 5 rings (SSSR count). The third kappa shape index (κ3) is 4.08. The van der Waals surface area contributed by atoms with Crippen molar-refractivity contribution in [2.75, 3.05) is 6.54 Å². The second-order valence-corrected chi connectivity index (χ2v) is 10.9. The summed E-state index contributed by atoms with van der Waals surface area (Å²) in [6.45, 7) is 2.84. The van der Waals surface area contributed by atoms with Crippen LogP contribution in [-0.2, 0) is 22.7 Å². The van der Waals surface area contributed by atoms with Crippen molar-refractivity contribution in [1.29, 1.82) is 0 Å². The number of hydrogen-bond donors (Lipinski definition) is 1. The fourth-order valence-corrected chi connectivity index (χ4v) is 6.48. The molecule has 1 aliphatic heterocycles. The second-order valence-electron chi connectivity index (χ2n) is 8.97. The molecular formula is C30H29NO2S. The smallest absolute Gasteiger partial charge is 0.207 e. The van der Waals surface area contributed by atoms with Crippen molar-refractivity contribution in [3.05, 3.63) is 96.1 Å². The molecule has 34 heavy (non-hydrogen) atoms. The number of aryl methyl sites for hydroxylation is 2. The van der Waals surface area contributed by atoms with E-state index in [4.69, 9.17) is 5.73 Å². The van der Waals surface area contributed by atoms with Gasteiger partial charge in [-0.05, 0) is 83.5 Å². The maximum absolute atomic E-state index is 13.3. The topological polar surface area (TPSA) is 60.2 Å². The van der Waals surface area contributed by atoms with Gasteiger partial charge in [0, 0.05) is 11.1 Å². The lowest BCUT2D eigenvalue weighted by Crippen LogP contribution is -2.00. The Labute approximate surface area is 202 Å². The molecule has 172 valence electrons. The standard InChI is InChI=1S/C30H29NO2S/c1-2-6-21-7-3-10-23(17-21)25-12-14-29-27(19-25)28-20-26(13-15-30(28)34(29,32)33)24-11-4-8-22(18-24)9-5-16-31/h3-4,7-8,10-15,17-20H,2,5-6,9,16,31H2,1H3. The number of fused-ring (bicyclic) bond motifs is 3. The van der Waals surface area contributed by atoms with Crippen LogP contribution in [0.1, 0.15) is 30.9 Å². The van der Waals surface area contributed by atoms with Gasteiger partial charge in [-0.15, -0.1) is 0 Å². The average molecular weight is 468 g/mol. The van der Waals surface area contributed by atoms with Crippen molar-refractivity contribution >= 4 is 9.84 Å². The zero-order valence-electron chi connectivity index (χ0n) is 19.4. The Morgan fingerprint density at radius 1 is 0.647 bits per heavy atom. The van der Waals surface area contributed by atoms with E-state index in [9.17, 15) is 8.42 Å². The summed E-state index contributed by atoms with van der Waals surface area (Å²) < 4.78 is 26.5. The molecule has 0 aliphatic carbocycles. The molecule has 0 bridgehead atoms. The van der Waals surface area contributed by atoms with Crippen LogP contribution in [0.15, 0.2) is 94.7 Å². The van der Waals surface area contributed by atoms with E-state index in [0.717, 1.165) is 59.1 Å². The van der Waals surface area contributed by atoms with Gasteiger partial charge in [0.2, 0.25) is 9.84 Å². The van der Waals surface area contributed by atoms with Crippen molar-refractivity contribution in [3.63, 3.8) is 0 Å². The molecule has 4 aromatic carbocycles. The predicted octanol–water partition coefficient (Wildman–Crippen LogP) is 6.68. The van der Waals surface area contributed by atoms with Crippen LogP contribution >= 0.6 is 0 Å². The van der Waals surface area contributed by atoms with E-state index in [1.54, 1.807) is 12.1 Å². The summed E-state index contributed by atoms with van der Waals surface area (Å²) in [6.07, 6.45) is 4.01. The maximum atomic E-state index is 13.3. The first-order valence-electron chi connectivity index (χ1n) is 11.9. The highest BCUT2D eigenvalue weighted by molar-refractivity contribution is 7.92. The first-order valence-corrected chi connectivity index (χ1v) is 13.4. The minimum Gasteiger partial charge on any atom is -0.330 e. The molecule has 3 nitrogen and oxygen atoms in total. The van der Waals surface area contributed by atoms with Gasteiger partial charge in [-0.3, -0.25) is 0 Å². The molecule has 0 fully saturated rings. The summed E-state index contributed by atoms with van der Waals surface area (Å²) in [5.74, 6) is 0. The van der Waals surface area contributed by atoms with Crippen LogP contribution in [0.5, 0.6) is 0 Å². The van der Waals surface area contributed by atoms with Crippen molar-refractivity contribution in [2.45, 2.75) is 42.4 Å². The normalized spacial score (nSPS) is 13.5. The first-order chi connectivity index (χ1) is 16.5. The number of hydrogen-bond acceptors (Lipinski definition) is 3. The van der Waals surface area contributed by atoms with Crippen LogP contribution in [-0.4, -0.2) is 15.0 Å². The molecule has 4 aromatic rings. The van der Waals surface area contributed by atoms with Crippen molar-refractivity contribution in [3.8, 4) is 33.4 Å². The predicted molar refractivity (Wildman–Crippen MR) is 140 cm³/mol. The van der Waals surface area contributed by atoms with E-state index in [-0.39, 0.29) is 0 Å². The zero-order valence-corrected chi connectivity index (χ0v) is 20.2. The van der Waals surface area contributed by atoms with Crippen molar-refractivity contribution in [2.24, 2.45) is 5.73 Å². The Morgan fingerprint density at radius 3 is 1.65 bits per heavy atom. The van der Waals surface area contributed by atoms with Gasteiger partial charge in [0.25, 0.3) is 0 Å². The Hall–Kier alpha value is -3.21. The zero-order chi connectivity index (χ0) is 23.7. The monoisotopic (exact) mass is 467 g/mol. The minimum absolute atomic E-state index is 0.391. The van der Waals surface area contributed by atoms with E-state index in [1.807, 2.05) is 24.3 Å². The molecule has 0 spiro atoms. The number of nitrogens with two attached hydrogens (primary N) is 1. The lowest BCUT2D eigenvalue weighted by atomic mass is 9.94. The van der Waals surface area contributed by atoms with E-state index >= 15 is 0 Å². The van der Waals surface area contributed by atoms with Crippen LogP contribution in [0.2, 0.25) is 0 Å². The molecule has 4 heteroatoms.